The van der Waals surface area contributed by atoms with Gasteiger partial charge in [-0.1, -0.05) is 6.07 Å². The molecule has 1 aliphatic rings. The molecule has 1 aromatic rings. The molecule has 1 aromatic carbocycles. The molecular weight excluding hydrogens is 252 g/mol. The SMILES string of the molecule is CCNC(=O)CCNC1CCCc2cc(OC)ccc21. The lowest BCUT2D eigenvalue weighted by Gasteiger charge is -2.27. The van der Waals surface area contributed by atoms with E-state index in [-0.39, 0.29) is 5.91 Å². The van der Waals surface area contributed by atoms with Crippen molar-refractivity contribution in [3.8, 4) is 5.75 Å². The fourth-order valence-electron chi connectivity index (χ4n) is 2.78. The summed E-state index contributed by atoms with van der Waals surface area (Å²) in [6, 6.07) is 6.66. The Labute approximate surface area is 120 Å². The van der Waals surface area contributed by atoms with Crippen LogP contribution in [0.15, 0.2) is 18.2 Å². The smallest absolute Gasteiger partial charge is 0.221 e. The lowest BCUT2D eigenvalue weighted by molar-refractivity contribution is -0.120. The zero-order chi connectivity index (χ0) is 14.4. The quantitative estimate of drug-likeness (QED) is 0.837. The molecule has 0 fully saturated rings. The second kappa shape index (κ2) is 7.29. The Balaban J connectivity index is 1.93. The van der Waals surface area contributed by atoms with Gasteiger partial charge in [-0.15, -0.1) is 0 Å². The molecule has 0 aliphatic heterocycles. The number of hydrogen-bond acceptors (Lipinski definition) is 3. The zero-order valence-electron chi connectivity index (χ0n) is 12.4. The van der Waals surface area contributed by atoms with E-state index < -0.39 is 0 Å². The van der Waals surface area contributed by atoms with Crippen molar-refractivity contribution < 1.29 is 9.53 Å². The largest absolute Gasteiger partial charge is 0.497 e. The molecule has 0 saturated heterocycles. The maximum Gasteiger partial charge on any atom is 0.221 e. The van der Waals surface area contributed by atoms with E-state index in [2.05, 4.69) is 22.8 Å². The number of aryl methyl sites for hydroxylation is 1. The molecule has 2 N–H and O–H groups in total. The molecule has 0 radical (unpaired) electrons. The first-order valence-electron chi connectivity index (χ1n) is 7.41. The van der Waals surface area contributed by atoms with Crippen molar-refractivity contribution in [2.75, 3.05) is 20.2 Å². The number of amides is 1. The van der Waals surface area contributed by atoms with Crippen LogP contribution in [-0.4, -0.2) is 26.1 Å². The van der Waals surface area contributed by atoms with Crippen LogP contribution in [0, 0.1) is 0 Å². The molecule has 0 saturated carbocycles. The van der Waals surface area contributed by atoms with E-state index >= 15 is 0 Å². The number of methoxy groups -OCH3 is 1. The zero-order valence-corrected chi connectivity index (χ0v) is 12.4. The van der Waals surface area contributed by atoms with Crippen molar-refractivity contribution in [2.45, 2.75) is 38.6 Å². The van der Waals surface area contributed by atoms with Crippen molar-refractivity contribution in [2.24, 2.45) is 0 Å². The second-order valence-electron chi connectivity index (χ2n) is 5.17. The van der Waals surface area contributed by atoms with Crippen LogP contribution in [0.2, 0.25) is 0 Å². The fourth-order valence-corrected chi connectivity index (χ4v) is 2.78. The Kier molecular flexibility index (Phi) is 5.41. The summed E-state index contributed by atoms with van der Waals surface area (Å²) in [7, 11) is 1.70. The monoisotopic (exact) mass is 276 g/mol. The van der Waals surface area contributed by atoms with Crippen LogP contribution in [0.5, 0.6) is 5.75 Å². The van der Waals surface area contributed by atoms with E-state index in [1.165, 1.54) is 17.5 Å². The van der Waals surface area contributed by atoms with Crippen molar-refractivity contribution in [1.82, 2.24) is 10.6 Å². The molecule has 2 rings (SSSR count). The molecule has 1 unspecified atom stereocenters. The summed E-state index contributed by atoms with van der Waals surface area (Å²) in [5.41, 5.74) is 2.72. The van der Waals surface area contributed by atoms with Gasteiger partial charge in [-0.2, -0.15) is 0 Å². The molecule has 0 bridgehead atoms. The van der Waals surface area contributed by atoms with Crippen LogP contribution >= 0.6 is 0 Å². The van der Waals surface area contributed by atoms with Gasteiger partial charge >= 0.3 is 0 Å². The second-order valence-corrected chi connectivity index (χ2v) is 5.17. The molecule has 110 valence electrons. The van der Waals surface area contributed by atoms with Crippen molar-refractivity contribution in [1.29, 1.82) is 0 Å². The minimum absolute atomic E-state index is 0.116. The predicted molar refractivity (Wildman–Crippen MR) is 80.0 cm³/mol. The highest BCUT2D eigenvalue weighted by Crippen LogP contribution is 2.32. The highest BCUT2D eigenvalue weighted by atomic mass is 16.5. The summed E-state index contributed by atoms with van der Waals surface area (Å²) in [5, 5.41) is 6.32. The van der Waals surface area contributed by atoms with Crippen LogP contribution in [-0.2, 0) is 11.2 Å². The normalized spacial score (nSPS) is 17.4. The standard InChI is InChI=1S/C16H24N2O2/c1-3-17-16(19)9-10-18-15-6-4-5-12-11-13(20-2)7-8-14(12)15/h7-8,11,15,18H,3-6,9-10H2,1-2H3,(H,17,19). The number of carbonyl (C=O) groups excluding carboxylic acids is 1. The third-order valence-corrected chi connectivity index (χ3v) is 3.78. The number of ether oxygens (including phenoxy) is 1. The molecular formula is C16H24N2O2. The number of benzene rings is 1. The number of carbonyl (C=O) groups is 1. The van der Waals surface area contributed by atoms with Crippen molar-refractivity contribution >= 4 is 5.91 Å². The van der Waals surface area contributed by atoms with Crippen LogP contribution in [0.25, 0.3) is 0 Å². The minimum Gasteiger partial charge on any atom is -0.497 e. The number of rotatable bonds is 6. The summed E-state index contributed by atoms with van der Waals surface area (Å²) in [6.07, 6.45) is 3.96. The van der Waals surface area contributed by atoms with Gasteiger partial charge in [-0.05, 0) is 49.4 Å². The predicted octanol–water partition coefficient (Wildman–Crippen LogP) is 2.19. The Morgan fingerprint density at radius 1 is 1.45 bits per heavy atom. The Bertz CT molecular complexity index is 460. The summed E-state index contributed by atoms with van der Waals surface area (Å²) in [5.74, 6) is 1.04. The summed E-state index contributed by atoms with van der Waals surface area (Å²) in [6.45, 7) is 3.36. The van der Waals surface area contributed by atoms with Gasteiger partial charge in [0.2, 0.25) is 5.91 Å². The molecule has 20 heavy (non-hydrogen) atoms. The molecule has 0 aromatic heterocycles. The fraction of sp³-hybridized carbons (Fsp3) is 0.562. The van der Waals surface area contributed by atoms with Gasteiger partial charge in [0.25, 0.3) is 0 Å². The van der Waals surface area contributed by atoms with Gasteiger partial charge in [-0.25, -0.2) is 0 Å². The summed E-state index contributed by atoms with van der Waals surface area (Å²) >= 11 is 0. The van der Waals surface area contributed by atoms with Gasteiger partial charge in [0, 0.05) is 25.6 Å². The van der Waals surface area contributed by atoms with Gasteiger partial charge < -0.3 is 15.4 Å². The topological polar surface area (TPSA) is 50.4 Å². The maximum atomic E-state index is 11.4. The molecule has 0 heterocycles. The van der Waals surface area contributed by atoms with Crippen LogP contribution in [0.3, 0.4) is 0 Å². The van der Waals surface area contributed by atoms with Crippen LogP contribution in [0.4, 0.5) is 0 Å². The van der Waals surface area contributed by atoms with E-state index in [0.29, 0.717) is 19.0 Å². The summed E-state index contributed by atoms with van der Waals surface area (Å²) in [4.78, 5) is 11.4. The maximum absolute atomic E-state index is 11.4. The summed E-state index contributed by atoms with van der Waals surface area (Å²) < 4.78 is 5.28. The Morgan fingerprint density at radius 3 is 3.05 bits per heavy atom. The number of hydrogen-bond donors (Lipinski definition) is 2. The first kappa shape index (κ1) is 14.9. The van der Waals surface area contributed by atoms with Gasteiger partial charge in [0.05, 0.1) is 7.11 Å². The molecule has 1 atom stereocenters. The van der Waals surface area contributed by atoms with E-state index in [0.717, 1.165) is 25.1 Å². The van der Waals surface area contributed by atoms with E-state index in [1.807, 2.05) is 13.0 Å². The minimum atomic E-state index is 0.116. The number of fused-ring (bicyclic) bond motifs is 1. The highest BCUT2D eigenvalue weighted by molar-refractivity contribution is 5.75. The third-order valence-electron chi connectivity index (χ3n) is 3.78. The molecule has 0 spiro atoms. The van der Waals surface area contributed by atoms with Crippen LogP contribution < -0.4 is 15.4 Å². The lowest BCUT2D eigenvalue weighted by Crippen LogP contribution is -2.30. The average Bonchev–Trinajstić information content (AvgIpc) is 2.47. The molecule has 4 heteroatoms. The molecule has 4 nitrogen and oxygen atoms in total. The lowest BCUT2D eigenvalue weighted by atomic mass is 9.87. The van der Waals surface area contributed by atoms with Gasteiger partial charge in [-0.3, -0.25) is 4.79 Å². The van der Waals surface area contributed by atoms with Gasteiger partial charge in [0.15, 0.2) is 0 Å². The van der Waals surface area contributed by atoms with Crippen molar-refractivity contribution in [3.63, 3.8) is 0 Å². The highest BCUT2D eigenvalue weighted by Gasteiger charge is 2.20. The molecule has 1 aliphatic carbocycles. The van der Waals surface area contributed by atoms with Crippen LogP contribution in [0.1, 0.15) is 43.4 Å². The first-order chi connectivity index (χ1) is 9.74. The first-order valence-corrected chi connectivity index (χ1v) is 7.41. The van der Waals surface area contributed by atoms with Crippen molar-refractivity contribution in [3.05, 3.63) is 29.3 Å². The third kappa shape index (κ3) is 3.73. The van der Waals surface area contributed by atoms with E-state index in [4.69, 9.17) is 4.74 Å². The van der Waals surface area contributed by atoms with E-state index in [1.54, 1.807) is 7.11 Å². The van der Waals surface area contributed by atoms with E-state index in [9.17, 15) is 4.79 Å². The Morgan fingerprint density at radius 2 is 2.30 bits per heavy atom. The van der Waals surface area contributed by atoms with Gasteiger partial charge in [0.1, 0.15) is 5.75 Å². The number of nitrogens with one attached hydrogen (secondary N) is 2. The average molecular weight is 276 g/mol. The molecule has 1 amide bonds. The Hall–Kier alpha value is -1.55.